The van der Waals surface area contributed by atoms with E-state index < -0.39 is 0 Å². The van der Waals surface area contributed by atoms with Crippen LogP contribution in [0.4, 0.5) is 0 Å². The van der Waals surface area contributed by atoms with Crippen molar-refractivity contribution in [3.8, 4) is 0 Å². The molecule has 2 aromatic carbocycles. The second-order valence-corrected chi connectivity index (χ2v) is 9.22. The first-order valence-corrected chi connectivity index (χ1v) is 10.8. The number of allylic oxidation sites excluding steroid dienone is 4. The highest BCUT2D eigenvalue weighted by Gasteiger charge is 2.43. The van der Waals surface area contributed by atoms with Crippen molar-refractivity contribution in [2.45, 2.75) is 27.7 Å². The SMILES string of the molecule is CN1N=C(c2ccccc2)C(C)(C)/C1=C/C=C/C1=[N+](C)N=C(c2ccccc2)C1(C)C.[I-]. The minimum Gasteiger partial charge on any atom is -1.00 e. The van der Waals surface area contributed by atoms with Crippen molar-refractivity contribution in [3.05, 3.63) is 95.7 Å². The van der Waals surface area contributed by atoms with Gasteiger partial charge in [0.05, 0.1) is 11.1 Å². The summed E-state index contributed by atoms with van der Waals surface area (Å²) in [6.07, 6.45) is 6.49. The van der Waals surface area contributed by atoms with Gasteiger partial charge in [-0.2, -0.15) is 5.10 Å². The predicted molar refractivity (Wildman–Crippen MR) is 130 cm³/mol. The van der Waals surface area contributed by atoms with E-state index in [9.17, 15) is 0 Å². The summed E-state index contributed by atoms with van der Waals surface area (Å²) in [5.41, 5.74) is 6.52. The van der Waals surface area contributed by atoms with Gasteiger partial charge in [0.1, 0.15) is 11.1 Å². The van der Waals surface area contributed by atoms with Crippen molar-refractivity contribution in [2.75, 3.05) is 14.1 Å². The van der Waals surface area contributed by atoms with Gasteiger partial charge in [-0.3, -0.25) is 5.01 Å². The molecule has 166 valence electrons. The Hall–Kier alpha value is -2.54. The summed E-state index contributed by atoms with van der Waals surface area (Å²) in [7, 11) is 4.04. The van der Waals surface area contributed by atoms with Gasteiger partial charge in [0.2, 0.25) is 5.71 Å². The topological polar surface area (TPSA) is 31.0 Å². The Kier molecular flexibility index (Phi) is 6.89. The number of hydrazone groups is 2. The highest BCUT2D eigenvalue weighted by Crippen LogP contribution is 2.39. The van der Waals surface area contributed by atoms with Crippen LogP contribution in [0.1, 0.15) is 38.8 Å². The third kappa shape index (κ3) is 4.22. The van der Waals surface area contributed by atoms with E-state index in [1.165, 1.54) is 22.5 Å². The lowest BCUT2D eigenvalue weighted by molar-refractivity contribution is -0.499. The molecule has 0 atom stereocenters. The number of hydrogen-bond acceptors (Lipinski definition) is 3. The fourth-order valence-corrected chi connectivity index (χ4v) is 4.60. The maximum Gasteiger partial charge on any atom is 0.219 e. The highest BCUT2D eigenvalue weighted by molar-refractivity contribution is 6.21. The van der Waals surface area contributed by atoms with Crippen LogP contribution in [0.5, 0.6) is 0 Å². The molecule has 2 heterocycles. The molecule has 0 saturated heterocycles. The van der Waals surface area contributed by atoms with Gasteiger partial charge < -0.3 is 24.0 Å². The van der Waals surface area contributed by atoms with Crippen LogP contribution in [-0.2, 0) is 0 Å². The summed E-state index contributed by atoms with van der Waals surface area (Å²) in [5, 5.41) is 11.7. The average Bonchev–Trinajstić information content (AvgIpc) is 3.12. The molecule has 0 spiro atoms. The molecule has 0 amide bonds. The van der Waals surface area contributed by atoms with E-state index in [4.69, 9.17) is 10.2 Å². The van der Waals surface area contributed by atoms with Crippen LogP contribution in [-0.4, -0.2) is 40.9 Å². The summed E-state index contributed by atoms with van der Waals surface area (Å²) >= 11 is 0. The molecule has 4 rings (SSSR count). The van der Waals surface area contributed by atoms with Crippen LogP contribution in [0.25, 0.3) is 0 Å². The summed E-state index contributed by atoms with van der Waals surface area (Å²) in [6.45, 7) is 8.93. The molecule has 0 aromatic heterocycles. The summed E-state index contributed by atoms with van der Waals surface area (Å²) < 4.78 is 1.99. The van der Waals surface area contributed by atoms with Crippen LogP contribution in [0.15, 0.2) is 94.8 Å². The Morgan fingerprint density at radius 3 is 1.91 bits per heavy atom. The summed E-state index contributed by atoms with van der Waals surface area (Å²) in [6, 6.07) is 20.8. The number of hydrogen-bond donors (Lipinski definition) is 0. The molecule has 32 heavy (non-hydrogen) atoms. The Morgan fingerprint density at radius 1 is 0.812 bits per heavy atom. The van der Waals surface area contributed by atoms with Crippen LogP contribution < -0.4 is 24.0 Å². The fraction of sp³-hybridized carbons (Fsp3) is 0.296. The fourth-order valence-electron chi connectivity index (χ4n) is 4.60. The van der Waals surface area contributed by atoms with Crippen LogP contribution in [0, 0.1) is 10.8 Å². The molecule has 2 aromatic rings. The number of rotatable bonds is 4. The maximum absolute atomic E-state index is 4.85. The van der Waals surface area contributed by atoms with Gasteiger partial charge in [-0.15, -0.1) is 0 Å². The standard InChI is InChI=1S/C27H31N4.HI/c1-26(2)22(30(5)28-24(26)20-14-9-7-10-15-20)18-13-19-23-27(3,4)25(29-31(23)6)21-16-11-8-12-17-21;/h7-19H,1-6H3;1H/q+1;/p-1. The lowest BCUT2D eigenvalue weighted by atomic mass is 9.79. The van der Waals surface area contributed by atoms with Gasteiger partial charge in [-0.25, -0.2) is 0 Å². The minimum atomic E-state index is -0.173. The smallest absolute Gasteiger partial charge is 0.219 e. The quantitative estimate of drug-likeness (QED) is 0.435. The van der Waals surface area contributed by atoms with E-state index in [0.717, 1.165) is 11.4 Å². The van der Waals surface area contributed by atoms with Gasteiger partial charge in [0.15, 0.2) is 7.05 Å². The van der Waals surface area contributed by atoms with E-state index in [0.29, 0.717) is 0 Å². The van der Waals surface area contributed by atoms with Crippen LogP contribution in [0.3, 0.4) is 0 Å². The Morgan fingerprint density at radius 2 is 1.34 bits per heavy atom. The van der Waals surface area contributed by atoms with Crippen molar-refractivity contribution >= 4 is 17.1 Å². The van der Waals surface area contributed by atoms with Crippen LogP contribution >= 0.6 is 0 Å². The Labute approximate surface area is 208 Å². The first-order valence-electron chi connectivity index (χ1n) is 10.8. The van der Waals surface area contributed by atoms with Crippen molar-refractivity contribution in [2.24, 2.45) is 21.0 Å². The molecule has 0 fully saturated rings. The molecule has 0 radical (unpaired) electrons. The zero-order valence-corrected chi connectivity index (χ0v) is 21.8. The predicted octanol–water partition coefficient (Wildman–Crippen LogP) is 2.33. The second kappa shape index (κ2) is 9.14. The third-order valence-corrected chi connectivity index (χ3v) is 6.26. The molecule has 0 unspecified atom stereocenters. The number of nitrogens with zero attached hydrogens (tertiary/aromatic N) is 4. The molecule has 5 heteroatoms. The van der Waals surface area contributed by atoms with Gasteiger partial charge in [0.25, 0.3) is 0 Å². The zero-order chi connectivity index (χ0) is 22.2. The van der Waals surface area contributed by atoms with Gasteiger partial charge in [-0.05, 0) is 44.4 Å². The monoisotopic (exact) mass is 538 g/mol. The van der Waals surface area contributed by atoms with Gasteiger partial charge >= 0.3 is 0 Å². The molecule has 0 aliphatic carbocycles. The van der Waals surface area contributed by atoms with Crippen molar-refractivity contribution < 1.29 is 28.7 Å². The molecule has 2 aliphatic heterocycles. The zero-order valence-electron chi connectivity index (χ0n) is 19.7. The van der Waals surface area contributed by atoms with E-state index >= 15 is 0 Å². The van der Waals surface area contributed by atoms with Crippen molar-refractivity contribution in [1.82, 2.24) is 5.01 Å². The highest BCUT2D eigenvalue weighted by atomic mass is 127. The lowest BCUT2D eigenvalue weighted by Crippen LogP contribution is -3.00. The minimum absolute atomic E-state index is 0. The van der Waals surface area contributed by atoms with E-state index in [1.54, 1.807) is 0 Å². The van der Waals surface area contributed by atoms with Crippen LogP contribution in [0.2, 0.25) is 0 Å². The first-order chi connectivity index (χ1) is 14.7. The number of benzene rings is 2. The molecule has 0 N–H and O–H groups in total. The van der Waals surface area contributed by atoms with Crippen molar-refractivity contribution in [3.63, 3.8) is 0 Å². The summed E-state index contributed by atoms with van der Waals surface area (Å²) in [4.78, 5) is 0. The number of halogens is 1. The molecule has 0 bridgehead atoms. The molecular formula is C27H31IN4. The molecule has 4 nitrogen and oxygen atoms in total. The first kappa shape index (κ1) is 24.1. The average molecular weight is 538 g/mol. The summed E-state index contributed by atoms with van der Waals surface area (Å²) in [5.74, 6) is 0. The molecular weight excluding hydrogens is 507 g/mol. The van der Waals surface area contributed by atoms with E-state index in [2.05, 4.69) is 94.5 Å². The van der Waals surface area contributed by atoms with Gasteiger partial charge in [0, 0.05) is 24.4 Å². The Bertz CT molecular complexity index is 1140. The Balaban J connectivity index is 0.00000289. The van der Waals surface area contributed by atoms with E-state index in [1.807, 2.05) is 35.9 Å². The largest absolute Gasteiger partial charge is 1.00 e. The normalized spacial score (nSPS) is 20.6. The lowest BCUT2D eigenvalue weighted by Gasteiger charge is -2.23. The van der Waals surface area contributed by atoms with Gasteiger partial charge in [-0.1, -0.05) is 71.4 Å². The molecule has 0 saturated carbocycles. The third-order valence-electron chi connectivity index (χ3n) is 6.26. The molecule has 2 aliphatic rings. The second-order valence-electron chi connectivity index (χ2n) is 9.22. The van der Waals surface area contributed by atoms with Crippen molar-refractivity contribution in [1.29, 1.82) is 0 Å². The maximum atomic E-state index is 4.85. The van der Waals surface area contributed by atoms with E-state index in [-0.39, 0.29) is 34.8 Å².